The number of benzene rings is 1. The van der Waals surface area contributed by atoms with Crippen LogP contribution in [0.25, 0.3) is 0 Å². The first kappa shape index (κ1) is 14.6. The van der Waals surface area contributed by atoms with Gasteiger partial charge in [-0.25, -0.2) is 0 Å². The second-order valence-corrected chi connectivity index (χ2v) is 5.66. The number of hydrogen-bond acceptors (Lipinski definition) is 2. The van der Waals surface area contributed by atoms with Gasteiger partial charge in [0.2, 0.25) is 5.91 Å². The highest BCUT2D eigenvalue weighted by molar-refractivity contribution is 5.81. The highest BCUT2D eigenvalue weighted by Gasteiger charge is 2.27. The van der Waals surface area contributed by atoms with Crippen LogP contribution < -0.4 is 5.32 Å². The van der Waals surface area contributed by atoms with Crippen molar-refractivity contribution < 1.29 is 4.79 Å². The summed E-state index contributed by atoms with van der Waals surface area (Å²) in [6.45, 7) is 2.09. The predicted molar refractivity (Wildman–Crippen MR) is 78.8 cm³/mol. The Morgan fingerprint density at radius 1 is 1.40 bits per heavy atom. The van der Waals surface area contributed by atoms with Crippen molar-refractivity contribution in [2.75, 3.05) is 0 Å². The minimum Gasteiger partial charge on any atom is -0.352 e. The third kappa shape index (κ3) is 4.38. The topological polar surface area (TPSA) is 52.9 Å². The van der Waals surface area contributed by atoms with Crippen LogP contribution in [-0.4, -0.2) is 11.9 Å². The molecule has 1 aliphatic rings. The van der Waals surface area contributed by atoms with Gasteiger partial charge in [-0.05, 0) is 30.7 Å². The van der Waals surface area contributed by atoms with Crippen molar-refractivity contribution in [1.29, 1.82) is 5.26 Å². The molecule has 20 heavy (non-hydrogen) atoms. The first-order valence-electron chi connectivity index (χ1n) is 7.46. The van der Waals surface area contributed by atoms with Crippen LogP contribution in [0.5, 0.6) is 0 Å². The van der Waals surface area contributed by atoms with Crippen LogP contribution in [0.4, 0.5) is 0 Å². The fourth-order valence-corrected chi connectivity index (χ4v) is 2.43. The molecule has 3 nitrogen and oxygen atoms in total. The summed E-state index contributed by atoms with van der Waals surface area (Å²) in [5.74, 6) is 0.0735. The van der Waals surface area contributed by atoms with Gasteiger partial charge in [-0.3, -0.25) is 4.79 Å². The van der Waals surface area contributed by atoms with Crippen LogP contribution in [0.15, 0.2) is 30.3 Å². The van der Waals surface area contributed by atoms with Gasteiger partial charge < -0.3 is 5.32 Å². The molecule has 0 bridgehead atoms. The van der Waals surface area contributed by atoms with Crippen LogP contribution in [0.2, 0.25) is 0 Å². The molecule has 1 N–H and O–H groups in total. The van der Waals surface area contributed by atoms with E-state index >= 15 is 0 Å². The first-order chi connectivity index (χ1) is 9.72. The molecule has 1 aliphatic carbocycles. The van der Waals surface area contributed by atoms with E-state index in [4.69, 9.17) is 0 Å². The second-order valence-electron chi connectivity index (χ2n) is 5.66. The molecule has 0 heterocycles. The summed E-state index contributed by atoms with van der Waals surface area (Å²) in [5.41, 5.74) is 1.03. The Morgan fingerprint density at radius 2 is 2.10 bits per heavy atom. The maximum Gasteiger partial charge on any atom is 0.237 e. The fraction of sp³-hybridized carbons (Fsp3) is 0.529. The lowest BCUT2D eigenvalue weighted by Gasteiger charge is -2.18. The van der Waals surface area contributed by atoms with Crippen LogP contribution in [0, 0.1) is 23.2 Å². The standard InChI is InChI=1S/C17H22N2O/c1-2-16(11-14-8-9-14)19-17(20)15(12-18)10-13-6-4-3-5-7-13/h3-7,14-16H,2,8-11H2,1H3,(H,19,20). The summed E-state index contributed by atoms with van der Waals surface area (Å²) in [6, 6.07) is 12.1. The minimum absolute atomic E-state index is 0.121. The van der Waals surface area contributed by atoms with E-state index in [1.165, 1.54) is 12.8 Å². The van der Waals surface area contributed by atoms with Crippen molar-refractivity contribution in [3.8, 4) is 6.07 Å². The Labute approximate surface area is 121 Å². The van der Waals surface area contributed by atoms with E-state index in [2.05, 4.69) is 18.3 Å². The molecule has 0 radical (unpaired) electrons. The maximum absolute atomic E-state index is 12.2. The molecule has 2 rings (SSSR count). The molecule has 2 unspecified atom stereocenters. The Hall–Kier alpha value is -1.82. The Bertz CT molecular complexity index is 474. The number of nitrogens with one attached hydrogen (secondary N) is 1. The predicted octanol–water partition coefficient (Wildman–Crippen LogP) is 3.06. The summed E-state index contributed by atoms with van der Waals surface area (Å²) in [4.78, 5) is 12.2. The molecule has 1 aromatic carbocycles. The van der Waals surface area contributed by atoms with Gasteiger partial charge in [0.05, 0.1) is 6.07 Å². The molecule has 1 fully saturated rings. The van der Waals surface area contributed by atoms with E-state index < -0.39 is 5.92 Å². The highest BCUT2D eigenvalue weighted by Crippen LogP contribution is 2.34. The van der Waals surface area contributed by atoms with Gasteiger partial charge in [0, 0.05) is 6.04 Å². The van der Waals surface area contributed by atoms with Crippen molar-refractivity contribution in [3.05, 3.63) is 35.9 Å². The third-order valence-electron chi connectivity index (χ3n) is 3.91. The number of carbonyl (C=O) groups excluding carboxylic acids is 1. The number of carbonyl (C=O) groups is 1. The van der Waals surface area contributed by atoms with Gasteiger partial charge in [-0.15, -0.1) is 0 Å². The molecular weight excluding hydrogens is 248 g/mol. The summed E-state index contributed by atoms with van der Waals surface area (Å²) >= 11 is 0. The number of rotatable bonds is 7. The average Bonchev–Trinajstić information content (AvgIpc) is 3.29. The zero-order valence-electron chi connectivity index (χ0n) is 12.0. The molecule has 0 aromatic heterocycles. The normalized spacial score (nSPS) is 17.0. The van der Waals surface area contributed by atoms with E-state index in [1.807, 2.05) is 30.3 Å². The van der Waals surface area contributed by atoms with Crippen molar-refractivity contribution in [2.24, 2.45) is 11.8 Å². The lowest BCUT2D eigenvalue weighted by atomic mass is 9.98. The summed E-state index contributed by atoms with van der Waals surface area (Å²) in [7, 11) is 0. The SMILES string of the molecule is CCC(CC1CC1)NC(=O)C(C#N)Cc1ccccc1. The van der Waals surface area contributed by atoms with Gasteiger partial charge >= 0.3 is 0 Å². The van der Waals surface area contributed by atoms with Crippen molar-refractivity contribution in [1.82, 2.24) is 5.32 Å². The molecular formula is C17H22N2O. The minimum atomic E-state index is -0.592. The zero-order valence-corrected chi connectivity index (χ0v) is 12.0. The van der Waals surface area contributed by atoms with Crippen molar-refractivity contribution in [3.63, 3.8) is 0 Å². The monoisotopic (exact) mass is 270 g/mol. The maximum atomic E-state index is 12.2. The Morgan fingerprint density at radius 3 is 2.65 bits per heavy atom. The molecule has 3 heteroatoms. The second kappa shape index (κ2) is 7.09. The lowest BCUT2D eigenvalue weighted by molar-refractivity contribution is -0.124. The number of hydrogen-bond donors (Lipinski definition) is 1. The zero-order chi connectivity index (χ0) is 14.4. The van der Waals surface area contributed by atoms with E-state index in [9.17, 15) is 10.1 Å². The Kier molecular flexibility index (Phi) is 5.17. The molecule has 0 saturated heterocycles. The van der Waals surface area contributed by atoms with E-state index in [-0.39, 0.29) is 11.9 Å². The fourth-order valence-electron chi connectivity index (χ4n) is 2.43. The van der Waals surface area contributed by atoms with Gasteiger partial charge in [0.25, 0.3) is 0 Å². The average molecular weight is 270 g/mol. The van der Waals surface area contributed by atoms with Crippen molar-refractivity contribution in [2.45, 2.75) is 45.1 Å². The molecule has 106 valence electrons. The number of nitrogens with zero attached hydrogens (tertiary/aromatic N) is 1. The number of nitriles is 1. The highest BCUT2D eigenvalue weighted by atomic mass is 16.1. The summed E-state index contributed by atoms with van der Waals surface area (Å²) < 4.78 is 0. The summed E-state index contributed by atoms with van der Waals surface area (Å²) in [5, 5.41) is 12.3. The van der Waals surface area contributed by atoms with E-state index in [0.717, 1.165) is 24.3 Å². The smallest absolute Gasteiger partial charge is 0.237 e. The molecule has 2 atom stereocenters. The van der Waals surface area contributed by atoms with Gasteiger partial charge in [0.15, 0.2) is 0 Å². The van der Waals surface area contributed by atoms with Gasteiger partial charge in [0.1, 0.15) is 5.92 Å². The molecule has 1 saturated carbocycles. The Balaban J connectivity index is 1.89. The molecule has 1 amide bonds. The molecule has 0 aliphatic heterocycles. The molecule has 1 aromatic rings. The van der Waals surface area contributed by atoms with Gasteiger partial charge in [-0.2, -0.15) is 5.26 Å². The number of amides is 1. The third-order valence-corrected chi connectivity index (χ3v) is 3.91. The van der Waals surface area contributed by atoms with Crippen LogP contribution in [-0.2, 0) is 11.2 Å². The summed E-state index contributed by atoms with van der Waals surface area (Å²) in [6.07, 6.45) is 5.07. The van der Waals surface area contributed by atoms with E-state index in [0.29, 0.717) is 6.42 Å². The quantitative estimate of drug-likeness (QED) is 0.828. The van der Waals surface area contributed by atoms with E-state index in [1.54, 1.807) is 0 Å². The van der Waals surface area contributed by atoms with Gasteiger partial charge in [-0.1, -0.05) is 50.1 Å². The lowest BCUT2D eigenvalue weighted by Crippen LogP contribution is -2.39. The molecule has 0 spiro atoms. The first-order valence-corrected chi connectivity index (χ1v) is 7.46. The van der Waals surface area contributed by atoms with Crippen molar-refractivity contribution >= 4 is 5.91 Å². The van der Waals surface area contributed by atoms with Crippen LogP contribution >= 0.6 is 0 Å². The van der Waals surface area contributed by atoms with Crippen LogP contribution in [0.1, 0.15) is 38.2 Å². The largest absolute Gasteiger partial charge is 0.352 e. The van der Waals surface area contributed by atoms with Crippen LogP contribution in [0.3, 0.4) is 0 Å².